The van der Waals surface area contributed by atoms with Crippen molar-refractivity contribution < 1.29 is 8.42 Å². The van der Waals surface area contributed by atoms with Gasteiger partial charge in [0.2, 0.25) is 9.84 Å². The molecule has 0 unspecified atom stereocenters. The lowest BCUT2D eigenvalue weighted by Crippen LogP contribution is -2.16. The lowest BCUT2D eigenvalue weighted by molar-refractivity contribution is 0.411. The summed E-state index contributed by atoms with van der Waals surface area (Å²) in [6.45, 7) is 0.878. The number of sulfone groups is 1. The molecule has 2 aromatic heterocycles. The van der Waals surface area contributed by atoms with Crippen molar-refractivity contribution in [3.8, 4) is 0 Å². The number of aromatic nitrogens is 2. The molecule has 3 aromatic rings. The van der Waals surface area contributed by atoms with Gasteiger partial charge in [0.25, 0.3) is 0 Å². The van der Waals surface area contributed by atoms with Crippen LogP contribution in [0.1, 0.15) is 5.69 Å². The summed E-state index contributed by atoms with van der Waals surface area (Å²) in [6.07, 6.45) is 4.27. The minimum atomic E-state index is -3.52. The molecule has 0 bridgehead atoms. The van der Waals surface area contributed by atoms with Gasteiger partial charge in [0.1, 0.15) is 5.65 Å². The maximum atomic E-state index is 12.7. The standard InChI is InChI=1S/C17H19N3O2S/c1-19(2)11-10-14-12-18-17-9-8-16(13-20(14)17)23(21,22)15-6-4-3-5-7-15/h3-9,12-13H,10-11H2,1-2H3. The summed E-state index contributed by atoms with van der Waals surface area (Å²) >= 11 is 0. The minimum absolute atomic E-state index is 0.278. The van der Waals surface area contributed by atoms with Gasteiger partial charge in [-0.25, -0.2) is 13.4 Å². The van der Waals surface area contributed by atoms with E-state index in [1.54, 1.807) is 54.9 Å². The average molecular weight is 329 g/mol. The molecule has 120 valence electrons. The highest BCUT2D eigenvalue weighted by molar-refractivity contribution is 7.91. The van der Waals surface area contributed by atoms with Gasteiger partial charge in [-0.3, -0.25) is 0 Å². The van der Waals surface area contributed by atoms with Crippen LogP contribution in [-0.2, 0) is 16.3 Å². The third-order valence-corrected chi connectivity index (χ3v) is 5.49. The molecule has 23 heavy (non-hydrogen) atoms. The van der Waals surface area contributed by atoms with Gasteiger partial charge < -0.3 is 9.30 Å². The molecule has 0 amide bonds. The van der Waals surface area contributed by atoms with E-state index in [-0.39, 0.29) is 4.90 Å². The molecular formula is C17H19N3O2S. The third-order valence-electron chi connectivity index (χ3n) is 3.73. The van der Waals surface area contributed by atoms with E-state index >= 15 is 0 Å². The van der Waals surface area contributed by atoms with E-state index in [0.29, 0.717) is 4.90 Å². The zero-order chi connectivity index (χ0) is 16.4. The van der Waals surface area contributed by atoms with Crippen LogP contribution in [0.15, 0.2) is 64.6 Å². The average Bonchev–Trinajstić information content (AvgIpc) is 2.96. The number of pyridine rings is 1. The third kappa shape index (κ3) is 3.13. The molecule has 0 fully saturated rings. The maximum absolute atomic E-state index is 12.7. The molecule has 0 spiro atoms. The summed E-state index contributed by atoms with van der Waals surface area (Å²) in [5, 5.41) is 0. The highest BCUT2D eigenvalue weighted by atomic mass is 32.2. The van der Waals surface area contributed by atoms with E-state index in [9.17, 15) is 8.42 Å². The molecule has 0 aliphatic rings. The highest BCUT2D eigenvalue weighted by Gasteiger charge is 2.18. The van der Waals surface area contributed by atoms with Crippen molar-refractivity contribution in [2.75, 3.05) is 20.6 Å². The first-order valence-electron chi connectivity index (χ1n) is 7.39. The Bertz CT molecular complexity index is 915. The quantitative estimate of drug-likeness (QED) is 0.720. The Morgan fingerprint density at radius 3 is 2.48 bits per heavy atom. The predicted molar refractivity (Wildman–Crippen MR) is 89.3 cm³/mol. The van der Waals surface area contributed by atoms with Gasteiger partial charge in [-0.15, -0.1) is 0 Å². The molecular weight excluding hydrogens is 310 g/mol. The Morgan fingerprint density at radius 2 is 1.78 bits per heavy atom. The summed E-state index contributed by atoms with van der Waals surface area (Å²) in [5.41, 5.74) is 1.75. The van der Waals surface area contributed by atoms with Crippen LogP contribution in [0, 0.1) is 0 Å². The van der Waals surface area contributed by atoms with E-state index in [4.69, 9.17) is 0 Å². The molecule has 3 rings (SSSR count). The van der Waals surface area contributed by atoms with Gasteiger partial charge in [0.05, 0.1) is 9.79 Å². The summed E-state index contributed by atoms with van der Waals surface area (Å²) in [7, 11) is 0.502. The lowest BCUT2D eigenvalue weighted by Gasteiger charge is -2.10. The number of nitrogens with zero attached hydrogens (tertiary/aromatic N) is 3. The lowest BCUT2D eigenvalue weighted by atomic mass is 10.3. The fraction of sp³-hybridized carbons (Fsp3) is 0.235. The number of imidazole rings is 1. The Balaban J connectivity index is 2.04. The van der Waals surface area contributed by atoms with Gasteiger partial charge in [0.15, 0.2) is 0 Å². The second-order valence-electron chi connectivity index (χ2n) is 5.71. The molecule has 0 atom stereocenters. The molecule has 6 heteroatoms. The van der Waals surface area contributed by atoms with Crippen LogP contribution in [0.25, 0.3) is 5.65 Å². The first kappa shape index (κ1) is 15.7. The molecule has 2 heterocycles. The van der Waals surface area contributed by atoms with Crippen LogP contribution in [0.4, 0.5) is 0 Å². The molecule has 0 N–H and O–H groups in total. The molecule has 0 aliphatic carbocycles. The second kappa shape index (κ2) is 6.14. The number of rotatable bonds is 5. The monoisotopic (exact) mass is 329 g/mol. The highest BCUT2D eigenvalue weighted by Crippen LogP contribution is 2.21. The smallest absolute Gasteiger partial charge is 0.208 e. The maximum Gasteiger partial charge on any atom is 0.208 e. The van der Waals surface area contributed by atoms with Crippen LogP contribution in [0.2, 0.25) is 0 Å². The topological polar surface area (TPSA) is 54.7 Å². The van der Waals surface area contributed by atoms with Crippen LogP contribution in [0.3, 0.4) is 0 Å². The number of fused-ring (bicyclic) bond motifs is 1. The zero-order valence-corrected chi connectivity index (χ0v) is 14.0. The zero-order valence-electron chi connectivity index (χ0n) is 13.2. The number of benzene rings is 1. The predicted octanol–water partition coefficient (Wildman–Crippen LogP) is 2.27. The fourth-order valence-corrected chi connectivity index (χ4v) is 3.71. The summed E-state index contributed by atoms with van der Waals surface area (Å²) in [6, 6.07) is 11.8. The van der Waals surface area contributed by atoms with Crippen LogP contribution in [0.5, 0.6) is 0 Å². The van der Waals surface area contributed by atoms with Gasteiger partial charge in [-0.05, 0) is 38.4 Å². The van der Waals surface area contributed by atoms with Crippen molar-refractivity contribution >= 4 is 15.5 Å². The van der Waals surface area contributed by atoms with Crippen LogP contribution < -0.4 is 0 Å². The second-order valence-corrected chi connectivity index (χ2v) is 7.66. The van der Waals surface area contributed by atoms with E-state index in [1.807, 2.05) is 18.5 Å². The van der Waals surface area contributed by atoms with Gasteiger partial charge in [-0.1, -0.05) is 18.2 Å². The van der Waals surface area contributed by atoms with E-state index in [2.05, 4.69) is 9.88 Å². The van der Waals surface area contributed by atoms with Gasteiger partial charge in [-0.2, -0.15) is 0 Å². The van der Waals surface area contributed by atoms with Crippen molar-refractivity contribution in [3.63, 3.8) is 0 Å². The van der Waals surface area contributed by atoms with Gasteiger partial charge in [0, 0.05) is 31.1 Å². The van der Waals surface area contributed by atoms with Crippen molar-refractivity contribution in [2.24, 2.45) is 0 Å². The van der Waals surface area contributed by atoms with Crippen molar-refractivity contribution in [2.45, 2.75) is 16.2 Å². The number of likely N-dealkylation sites (N-methyl/N-ethyl adjacent to an activating group) is 1. The van der Waals surface area contributed by atoms with Crippen molar-refractivity contribution in [3.05, 3.63) is 60.6 Å². The number of hydrogen-bond acceptors (Lipinski definition) is 4. The minimum Gasteiger partial charge on any atom is -0.309 e. The van der Waals surface area contributed by atoms with E-state index < -0.39 is 9.84 Å². The first-order valence-corrected chi connectivity index (χ1v) is 8.87. The first-order chi connectivity index (χ1) is 11.0. The van der Waals surface area contributed by atoms with Gasteiger partial charge >= 0.3 is 0 Å². The molecule has 1 aromatic carbocycles. The largest absolute Gasteiger partial charge is 0.309 e. The molecule has 0 saturated carbocycles. The Morgan fingerprint density at radius 1 is 1.04 bits per heavy atom. The van der Waals surface area contributed by atoms with Crippen LogP contribution in [-0.4, -0.2) is 43.3 Å². The SMILES string of the molecule is CN(C)CCc1cnc2ccc(S(=O)(=O)c3ccccc3)cn12. The Hall–Kier alpha value is -2.18. The van der Waals surface area contributed by atoms with Crippen LogP contribution >= 0.6 is 0 Å². The van der Waals surface area contributed by atoms with Crippen molar-refractivity contribution in [1.82, 2.24) is 14.3 Å². The Kier molecular flexibility index (Phi) is 4.19. The van der Waals surface area contributed by atoms with E-state index in [1.165, 1.54) is 0 Å². The summed E-state index contributed by atoms with van der Waals surface area (Å²) in [5.74, 6) is 0. The fourth-order valence-electron chi connectivity index (χ4n) is 2.43. The Labute approximate surface area is 136 Å². The molecule has 0 saturated heterocycles. The van der Waals surface area contributed by atoms with Crippen molar-refractivity contribution in [1.29, 1.82) is 0 Å². The summed E-state index contributed by atoms with van der Waals surface area (Å²) in [4.78, 5) is 7.01. The summed E-state index contributed by atoms with van der Waals surface area (Å²) < 4.78 is 27.3. The molecule has 0 aliphatic heterocycles. The number of hydrogen-bond donors (Lipinski definition) is 0. The normalized spacial score (nSPS) is 12.1. The molecule has 5 nitrogen and oxygen atoms in total. The van der Waals surface area contributed by atoms with E-state index in [0.717, 1.165) is 24.3 Å². The molecule has 0 radical (unpaired) electrons.